The summed E-state index contributed by atoms with van der Waals surface area (Å²) >= 11 is 0. The Labute approximate surface area is 99.6 Å². The van der Waals surface area contributed by atoms with Crippen molar-refractivity contribution in [2.24, 2.45) is 0 Å². The van der Waals surface area contributed by atoms with Crippen molar-refractivity contribution in [1.82, 2.24) is 0 Å². The maximum atomic E-state index is 13.1. The number of ketones is 1. The average molecular weight is 238 g/mol. The molecule has 0 fully saturated rings. The third-order valence-electron chi connectivity index (χ3n) is 2.50. The Kier molecular flexibility index (Phi) is 4.82. The van der Waals surface area contributed by atoms with Crippen LogP contribution < -0.4 is 0 Å². The number of carbonyl (C=O) groups excluding carboxylic acids is 2. The van der Waals surface area contributed by atoms with E-state index in [2.05, 4.69) is 4.74 Å². The highest BCUT2D eigenvalue weighted by atomic mass is 19.1. The Morgan fingerprint density at radius 1 is 1.35 bits per heavy atom. The number of esters is 1. The first-order valence-electron chi connectivity index (χ1n) is 5.40. The smallest absolute Gasteiger partial charge is 0.305 e. The van der Waals surface area contributed by atoms with Crippen LogP contribution in [0.2, 0.25) is 0 Å². The Morgan fingerprint density at radius 2 is 2.06 bits per heavy atom. The lowest BCUT2D eigenvalue weighted by molar-refractivity contribution is -0.140. The first kappa shape index (κ1) is 13.4. The maximum Gasteiger partial charge on any atom is 0.305 e. The van der Waals surface area contributed by atoms with Gasteiger partial charge in [-0.05, 0) is 43.5 Å². The van der Waals surface area contributed by atoms with E-state index in [9.17, 15) is 14.0 Å². The van der Waals surface area contributed by atoms with E-state index >= 15 is 0 Å². The fourth-order valence-electron chi connectivity index (χ4n) is 1.64. The minimum Gasteiger partial charge on any atom is -0.469 e. The first-order chi connectivity index (χ1) is 8.04. The number of hydrogen-bond donors (Lipinski definition) is 0. The fourth-order valence-corrected chi connectivity index (χ4v) is 1.64. The molecule has 0 bridgehead atoms. The molecule has 0 saturated heterocycles. The van der Waals surface area contributed by atoms with Crippen LogP contribution in [-0.4, -0.2) is 18.9 Å². The largest absolute Gasteiger partial charge is 0.469 e. The van der Waals surface area contributed by atoms with E-state index in [0.29, 0.717) is 24.0 Å². The van der Waals surface area contributed by atoms with Crippen molar-refractivity contribution in [2.45, 2.75) is 26.2 Å². The van der Waals surface area contributed by atoms with E-state index in [4.69, 9.17) is 0 Å². The van der Waals surface area contributed by atoms with Crippen LogP contribution in [0.3, 0.4) is 0 Å². The molecule has 92 valence electrons. The number of halogens is 1. The lowest BCUT2D eigenvalue weighted by Crippen LogP contribution is -2.04. The standard InChI is InChI=1S/C13H15FO3/c1-9(15)12-7-6-11(14)8-10(12)4-3-5-13(16)17-2/h6-8H,3-5H2,1-2H3. The number of methoxy groups -OCH3 is 1. The summed E-state index contributed by atoms with van der Waals surface area (Å²) in [5.74, 6) is -0.771. The summed E-state index contributed by atoms with van der Waals surface area (Å²) in [6.45, 7) is 1.44. The zero-order chi connectivity index (χ0) is 12.8. The second-order valence-corrected chi connectivity index (χ2v) is 3.79. The van der Waals surface area contributed by atoms with Gasteiger partial charge in [0.25, 0.3) is 0 Å². The number of benzene rings is 1. The molecule has 0 unspecified atom stereocenters. The highest BCUT2D eigenvalue weighted by molar-refractivity contribution is 5.95. The molecule has 4 heteroatoms. The molecule has 0 amide bonds. The summed E-state index contributed by atoms with van der Waals surface area (Å²) in [6.07, 6.45) is 1.29. The third kappa shape index (κ3) is 3.98. The maximum absolute atomic E-state index is 13.1. The molecule has 0 aliphatic carbocycles. The summed E-state index contributed by atoms with van der Waals surface area (Å²) in [6, 6.07) is 4.08. The lowest BCUT2D eigenvalue weighted by atomic mass is 9.99. The molecule has 0 heterocycles. The van der Waals surface area contributed by atoms with E-state index in [1.807, 2.05) is 0 Å². The predicted octanol–water partition coefficient (Wildman–Crippen LogP) is 2.52. The SMILES string of the molecule is COC(=O)CCCc1cc(F)ccc1C(C)=O. The van der Waals surface area contributed by atoms with Crippen molar-refractivity contribution < 1.29 is 18.7 Å². The number of rotatable bonds is 5. The van der Waals surface area contributed by atoms with Crippen molar-refractivity contribution in [3.8, 4) is 0 Å². The van der Waals surface area contributed by atoms with Gasteiger partial charge in [-0.1, -0.05) is 0 Å². The van der Waals surface area contributed by atoms with Gasteiger partial charge in [0, 0.05) is 12.0 Å². The molecule has 0 aliphatic rings. The van der Waals surface area contributed by atoms with Crippen molar-refractivity contribution in [1.29, 1.82) is 0 Å². The highest BCUT2D eigenvalue weighted by Gasteiger charge is 2.09. The molecule has 0 aromatic heterocycles. The molecule has 0 radical (unpaired) electrons. The highest BCUT2D eigenvalue weighted by Crippen LogP contribution is 2.15. The number of aryl methyl sites for hydroxylation is 1. The Morgan fingerprint density at radius 3 is 2.65 bits per heavy atom. The number of ether oxygens (including phenoxy) is 1. The van der Waals surface area contributed by atoms with Crippen LogP contribution in [0.25, 0.3) is 0 Å². The van der Waals surface area contributed by atoms with Crippen molar-refractivity contribution in [2.75, 3.05) is 7.11 Å². The van der Waals surface area contributed by atoms with Crippen LogP contribution in [0.5, 0.6) is 0 Å². The summed E-state index contributed by atoms with van der Waals surface area (Å²) in [4.78, 5) is 22.2. The summed E-state index contributed by atoms with van der Waals surface area (Å²) in [5.41, 5.74) is 1.15. The first-order valence-corrected chi connectivity index (χ1v) is 5.40. The van der Waals surface area contributed by atoms with Crippen LogP contribution in [0.4, 0.5) is 4.39 Å². The van der Waals surface area contributed by atoms with Gasteiger partial charge in [-0.3, -0.25) is 9.59 Å². The molecule has 0 spiro atoms. The van der Waals surface area contributed by atoms with E-state index in [0.717, 1.165) is 0 Å². The van der Waals surface area contributed by atoms with E-state index in [-0.39, 0.29) is 24.0 Å². The fraction of sp³-hybridized carbons (Fsp3) is 0.385. The van der Waals surface area contributed by atoms with Crippen molar-refractivity contribution >= 4 is 11.8 Å². The molecule has 0 saturated carbocycles. The van der Waals surface area contributed by atoms with Gasteiger partial charge in [0.15, 0.2) is 5.78 Å². The van der Waals surface area contributed by atoms with Gasteiger partial charge in [0.2, 0.25) is 0 Å². The van der Waals surface area contributed by atoms with Crippen molar-refractivity contribution in [3.05, 3.63) is 35.1 Å². The molecular weight excluding hydrogens is 223 g/mol. The van der Waals surface area contributed by atoms with E-state index < -0.39 is 0 Å². The second-order valence-electron chi connectivity index (χ2n) is 3.79. The number of carbonyl (C=O) groups is 2. The molecule has 17 heavy (non-hydrogen) atoms. The van der Waals surface area contributed by atoms with Gasteiger partial charge in [0.05, 0.1) is 7.11 Å². The molecule has 1 aromatic carbocycles. The predicted molar refractivity (Wildman–Crippen MR) is 61.4 cm³/mol. The van der Waals surface area contributed by atoms with Gasteiger partial charge in [-0.25, -0.2) is 4.39 Å². The number of Topliss-reactive ketones (excluding diaryl/α,β-unsaturated/α-hetero) is 1. The quantitative estimate of drug-likeness (QED) is 0.584. The van der Waals surface area contributed by atoms with Crippen molar-refractivity contribution in [3.63, 3.8) is 0 Å². The molecule has 3 nitrogen and oxygen atoms in total. The lowest BCUT2D eigenvalue weighted by Gasteiger charge is -2.06. The summed E-state index contributed by atoms with van der Waals surface area (Å²) in [7, 11) is 1.32. The molecule has 0 atom stereocenters. The van der Waals surface area contributed by atoms with Crippen LogP contribution in [0.1, 0.15) is 35.7 Å². The Balaban J connectivity index is 2.72. The molecule has 0 N–H and O–H groups in total. The van der Waals surface area contributed by atoms with Crippen LogP contribution in [0, 0.1) is 5.82 Å². The number of hydrogen-bond acceptors (Lipinski definition) is 3. The zero-order valence-electron chi connectivity index (χ0n) is 9.96. The monoisotopic (exact) mass is 238 g/mol. The molecule has 1 rings (SSSR count). The minimum absolute atomic E-state index is 0.0990. The summed E-state index contributed by atoms with van der Waals surface area (Å²) < 4.78 is 17.6. The molecule has 0 aliphatic heterocycles. The van der Waals surface area contributed by atoms with Crippen LogP contribution >= 0.6 is 0 Å². The Hall–Kier alpha value is -1.71. The third-order valence-corrected chi connectivity index (χ3v) is 2.50. The van der Waals surface area contributed by atoms with Crippen LogP contribution in [0.15, 0.2) is 18.2 Å². The average Bonchev–Trinajstić information content (AvgIpc) is 2.28. The summed E-state index contributed by atoms with van der Waals surface area (Å²) in [5, 5.41) is 0. The van der Waals surface area contributed by atoms with E-state index in [1.165, 1.54) is 32.2 Å². The second kappa shape index (κ2) is 6.13. The van der Waals surface area contributed by atoms with Gasteiger partial charge in [-0.2, -0.15) is 0 Å². The van der Waals surface area contributed by atoms with Gasteiger partial charge in [0.1, 0.15) is 5.82 Å². The minimum atomic E-state index is -0.372. The van der Waals surface area contributed by atoms with Gasteiger partial charge in [-0.15, -0.1) is 0 Å². The zero-order valence-corrected chi connectivity index (χ0v) is 9.96. The van der Waals surface area contributed by atoms with Gasteiger partial charge < -0.3 is 4.74 Å². The van der Waals surface area contributed by atoms with Gasteiger partial charge >= 0.3 is 5.97 Å². The molecular formula is C13H15FO3. The van der Waals surface area contributed by atoms with E-state index in [1.54, 1.807) is 0 Å². The normalized spacial score (nSPS) is 10.1. The Bertz CT molecular complexity index is 427. The molecule has 1 aromatic rings. The van der Waals surface area contributed by atoms with Crippen LogP contribution in [-0.2, 0) is 16.0 Å². The topological polar surface area (TPSA) is 43.4 Å².